The zero-order valence-electron chi connectivity index (χ0n) is 16.9. The van der Waals surface area contributed by atoms with E-state index in [1.165, 1.54) is 6.08 Å². The summed E-state index contributed by atoms with van der Waals surface area (Å²) in [7, 11) is 0. The van der Waals surface area contributed by atoms with Gasteiger partial charge in [0.15, 0.2) is 0 Å². The minimum atomic E-state index is -0.558. The molecule has 2 aromatic carbocycles. The number of amides is 1. The van der Waals surface area contributed by atoms with Crippen LogP contribution in [0.25, 0.3) is 28.5 Å². The van der Waals surface area contributed by atoms with Crippen molar-refractivity contribution in [3.05, 3.63) is 72.8 Å². The first kappa shape index (κ1) is 20.1. The third-order valence-electron chi connectivity index (χ3n) is 5.51. The van der Waals surface area contributed by atoms with Gasteiger partial charge in [0.25, 0.3) is 5.91 Å². The Bertz CT molecular complexity index is 1090. The summed E-state index contributed by atoms with van der Waals surface area (Å²) < 4.78 is 2.37. The van der Waals surface area contributed by atoms with Crippen molar-refractivity contribution in [1.29, 1.82) is 0 Å². The number of rotatable bonds is 6. The number of carbonyl (C=O) groups excluding carboxylic acids is 1. The predicted octanol–water partition coefficient (Wildman–Crippen LogP) is 4.04. The van der Waals surface area contributed by atoms with Crippen LogP contribution in [-0.2, 0) is 4.79 Å². The van der Waals surface area contributed by atoms with E-state index >= 15 is 0 Å². The molecule has 154 valence electrons. The fourth-order valence-electron chi connectivity index (χ4n) is 4.20. The molecule has 1 aromatic heterocycles. The molecule has 1 unspecified atom stereocenters. The Morgan fingerprint density at radius 3 is 2.97 bits per heavy atom. The Balaban J connectivity index is 1.76. The molecule has 0 spiro atoms. The van der Waals surface area contributed by atoms with Gasteiger partial charge in [-0.25, -0.2) is 10.5 Å². The first-order valence-electron chi connectivity index (χ1n) is 10.2. The van der Waals surface area contributed by atoms with E-state index in [0.29, 0.717) is 6.04 Å². The molecule has 1 atom stereocenters. The van der Waals surface area contributed by atoms with E-state index in [1.807, 2.05) is 36.4 Å². The third kappa shape index (κ3) is 4.20. The molecule has 3 aromatic rings. The topological polar surface area (TPSA) is 70.4 Å². The largest absolute Gasteiger partial charge is 0.320 e. The summed E-state index contributed by atoms with van der Waals surface area (Å²) >= 11 is 0. The highest BCUT2D eigenvalue weighted by atomic mass is 16.5. The molecule has 1 amide bonds. The van der Waals surface area contributed by atoms with Gasteiger partial charge in [-0.15, -0.1) is 6.58 Å². The van der Waals surface area contributed by atoms with Gasteiger partial charge in [-0.3, -0.25) is 14.9 Å². The van der Waals surface area contributed by atoms with Crippen molar-refractivity contribution < 1.29 is 10.0 Å². The van der Waals surface area contributed by atoms with Crippen molar-refractivity contribution in [3.8, 4) is 11.4 Å². The minimum absolute atomic E-state index is 0.334. The number of imidazole rings is 1. The van der Waals surface area contributed by atoms with E-state index in [4.69, 9.17) is 10.2 Å². The Hall–Kier alpha value is -3.22. The molecule has 2 N–H and O–H groups in total. The fourth-order valence-corrected chi connectivity index (χ4v) is 4.20. The highest BCUT2D eigenvalue weighted by molar-refractivity contribution is 5.91. The normalized spacial score (nSPS) is 17.4. The summed E-state index contributed by atoms with van der Waals surface area (Å²) in [5.41, 5.74) is 5.60. The van der Waals surface area contributed by atoms with Gasteiger partial charge in [0.1, 0.15) is 5.82 Å². The maximum absolute atomic E-state index is 11.3. The van der Waals surface area contributed by atoms with Crippen molar-refractivity contribution >= 4 is 23.0 Å². The first-order chi connectivity index (χ1) is 14.7. The van der Waals surface area contributed by atoms with Crippen LogP contribution in [0.5, 0.6) is 0 Å². The number of hydrogen-bond acceptors (Lipinski definition) is 4. The fraction of sp³-hybridized carbons (Fsp3) is 0.250. The lowest BCUT2D eigenvalue weighted by Crippen LogP contribution is -2.36. The maximum atomic E-state index is 11.3. The van der Waals surface area contributed by atoms with E-state index in [1.54, 1.807) is 11.6 Å². The number of para-hydroxylation sites is 2. The van der Waals surface area contributed by atoms with Crippen LogP contribution in [0.4, 0.5) is 0 Å². The number of nitrogens with one attached hydrogen (secondary N) is 1. The van der Waals surface area contributed by atoms with Gasteiger partial charge in [-0.1, -0.05) is 36.4 Å². The molecule has 6 nitrogen and oxygen atoms in total. The van der Waals surface area contributed by atoms with Gasteiger partial charge in [0.2, 0.25) is 0 Å². The molecule has 1 aliphatic heterocycles. The van der Waals surface area contributed by atoms with E-state index < -0.39 is 5.91 Å². The van der Waals surface area contributed by atoms with Crippen molar-refractivity contribution in [2.24, 2.45) is 0 Å². The number of benzene rings is 2. The van der Waals surface area contributed by atoms with Gasteiger partial charge >= 0.3 is 0 Å². The second-order valence-electron chi connectivity index (χ2n) is 7.57. The molecular formula is C24H26N4O2. The smallest absolute Gasteiger partial charge is 0.267 e. The molecule has 1 saturated heterocycles. The van der Waals surface area contributed by atoms with Gasteiger partial charge in [0, 0.05) is 30.8 Å². The predicted molar refractivity (Wildman–Crippen MR) is 119 cm³/mol. The number of nitrogens with zero attached hydrogens (tertiary/aromatic N) is 3. The van der Waals surface area contributed by atoms with Crippen molar-refractivity contribution in [2.45, 2.75) is 18.9 Å². The Kier molecular flexibility index (Phi) is 6.07. The SMILES string of the molecule is C=CCN1CCCC(n2c(-c3cccc(/C=C/C(=O)NO)c3)nc3ccccc32)C1. The van der Waals surface area contributed by atoms with Crippen LogP contribution in [0.15, 0.2) is 67.3 Å². The molecule has 30 heavy (non-hydrogen) atoms. The Labute approximate surface area is 176 Å². The number of piperidine rings is 1. The van der Waals surface area contributed by atoms with Crippen LogP contribution in [-0.4, -0.2) is 45.2 Å². The van der Waals surface area contributed by atoms with Gasteiger partial charge < -0.3 is 4.57 Å². The maximum Gasteiger partial charge on any atom is 0.267 e. The highest BCUT2D eigenvalue weighted by Crippen LogP contribution is 2.33. The van der Waals surface area contributed by atoms with Crippen LogP contribution in [0, 0.1) is 0 Å². The number of aromatic nitrogens is 2. The monoisotopic (exact) mass is 402 g/mol. The summed E-state index contributed by atoms with van der Waals surface area (Å²) in [5, 5.41) is 8.69. The zero-order valence-corrected chi connectivity index (χ0v) is 16.9. The van der Waals surface area contributed by atoms with Crippen molar-refractivity contribution in [1.82, 2.24) is 19.9 Å². The third-order valence-corrected chi connectivity index (χ3v) is 5.51. The van der Waals surface area contributed by atoms with E-state index in [-0.39, 0.29) is 0 Å². The first-order valence-corrected chi connectivity index (χ1v) is 10.2. The summed E-state index contributed by atoms with van der Waals surface area (Å²) in [6, 6.07) is 16.5. The summed E-state index contributed by atoms with van der Waals surface area (Å²) in [5.74, 6) is 0.376. The summed E-state index contributed by atoms with van der Waals surface area (Å²) in [4.78, 5) is 18.7. The van der Waals surface area contributed by atoms with Gasteiger partial charge in [0.05, 0.1) is 11.0 Å². The molecule has 0 aliphatic carbocycles. The van der Waals surface area contributed by atoms with E-state index in [2.05, 4.69) is 34.2 Å². The standard InChI is InChI=1S/C24H26N4O2/c1-2-14-27-15-6-9-20(17-27)28-22-11-4-3-10-21(22)25-24(28)19-8-5-7-18(16-19)12-13-23(29)26-30/h2-5,7-8,10-13,16,20,30H,1,6,9,14-15,17H2,(H,26,29)/b13-12+. The summed E-state index contributed by atoms with van der Waals surface area (Å²) in [6.07, 6.45) is 7.19. The quantitative estimate of drug-likeness (QED) is 0.283. The van der Waals surface area contributed by atoms with Crippen molar-refractivity contribution in [3.63, 3.8) is 0 Å². The van der Waals surface area contributed by atoms with Crippen LogP contribution in [0.1, 0.15) is 24.4 Å². The van der Waals surface area contributed by atoms with Crippen molar-refractivity contribution in [2.75, 3.05) is 19.6 Å². The zero-order chi connectivity index (χ0) is 20.9. The Morgan fingerprint density at radius 1 is 1.27 bits per heavy atom. The molecule has 6 heteroatoms. The second kappa shape index (κ2) is 9.07. The minimum Gasteiger partial charge on any atom is -0.320 e. The molecule has 0 radical (unpaired) electrons. The van der Waals surface area contributed by atoms with E-state index in [0.717, 1.165) is 60.5 Å². The molecule has 0 saturated carbocycles. The number of carbonyl (C=O) groups is 1. The molecule has 4 rings (SSSR count). The second-order valence-corrected chi connectivity index (χ2v) is 7.57. The number of fused-ring (bicyclic) bond motifs is 1. The Morgan fingerprint density at radius 2 is 2.13 bits per heavy atom. The number of hydrogen-bond donors (Lipinski definition) is 2. The van der Waals surface area contributed by atoms with Gasteiger partial charge in [-0.05, 0) is 49.2 Å². The lowest BCUT2D eigenvalue weighted by atomic mass is 10.0. The molecule has 2 heterocycles. The van der Waals surface area contributed by atoms with Crippen LogP contribution < -0.4 is 5.48 Å². The van der Waals surface area contributed by atoms with Crippen LogP contribution in [0.3, 0.4) is 0 Å². The molecule has 0 bridgehead atoms. The summed E-state index contributed by atoms with van der Waals surface area (Å²) in [6.45, 7) is 6.85. The lowest BCUT2D eigenvalue weighted by Gasteiger charge is -2.33. The molecule has 1 fully saturated rings. The number of hydroxylamine groups is 1. The van der Waals surface area contributed by atoms with Gasteiger partial charge in [-0.2, -0.15) is 0 Å². The average Bonchev–Trinajstić information content (AvgIpc) is 3.18. The van der Waals surface area contributed by atoms with E-state index in [9.17, 15) is 4.79 Å². The lowest BCUT2D eigenvalue weighted by molar-refractivity contribution is -0.124. The molecule has 1 aliphatic rings. The van der Waals surface area contributed by atoms with Crippen LogP contribution in [0.2, 0.25) is 0 Å². The van der Waals surface area contributed by atoms with Crippen LogP contribution >= 0.6 is 0 Å². The average molecular weight is 402 g/mol. The highest BCUT2D eigenvalue weighted by Gasteiger charge is 2.25. The number of likely N-dealkylation sites (tertiary alicyclic amines) is 1. The molecular weight excluding hydrogens is 376 g/mol.